The molecule has 1 fully saturated rings. The number of hydrogen-bond donors (Lipinski definition) is 2. The molecule has 19 heavy (non-hydrogen) atoms. The Labute approximate surface area is 121 Å². The van der Waals surface area contributed by atoms with Crippen molar-refractivity contribution in [1.29, 1.82) is 0 Å². The lowest BCUT2D eigenvalue weighted by Crippen LogP contribution is -2.19. The van der Waals surface area contributed by atoms with Crippen LogP contribution in [0.25, 0.3) is 0 Å². The van der Waals surface area contributed by atoms with E-state index in [2.05, 4.69) is 17.2 Å². The minimum Gasteiger partial charge on any atom is -0.388 e. The van der Waals surface area contributed by atoms with Crippen molar-refractivity contribution in [2.24, 2.45) is 17.6 Å². The highest BCUT2D eigenvalue weighted by Crippen LogP contribution is 2.30. The summed E-state index contributed by atoms with van der Waals surface area (Å²) in [6.45, 7) is 3.34. The Morgan fingerprint density at radius 1 is 1.53 bits per heavy atom. The number of rotatable bonds is 5. The lowest BCUT2D eigenvalue weighted by atomic mass is 9.81. The van der Waals surface area contributed by atoms with Crippen LogP contribution in [0.2, 0.25) is 0 Å². The third-order valence-electron chi connectivity index (χ3n) is 3.95. The summed E-state index contributed by atoms with van der Waals surface area (Å²) < 4.78 is 0. The molecule has 0 radical (unpaired) electrons. The Bertz CT molecular complexity index is 433. The summed E-state index contributed by atoms with van der Waals surface area (Å²) >= 11 is 5.02. The molecule has 3 N–H and O–H groups in total. The summed E-state index contributed by atoms with van der Waals surface area (Å²) in [5.41, 5.74) is 7.34. The Balaban J connectivity index is 1.84. The molecule has 0 bridgehead atoms. The Kier molecular flexibility index (Phi) is 5.14. The molecule has 1 heterocycles. The van der Waals surface area contributed by atoms with Crippen molar-refractivity contribution in [2.45, 2.75) is 39.0 Å². The van der Waals surface area contributed by atoms with Gasteiger partial charge in [0.2, 0.25) is 0 Å². The van der Waals surface area contributed by atoms with Gasteiger partial charge >= 0.3 is 0 Å². The zero-order chi connectivity index (χ0) is 13.7. The van der Waals surface area contributed by atoms with E-state index in [4.69, 9.17) is 18.0 Å². The second kappa shape index (κ2) is 6.85. The van der Waals surface area contributed by atoms with Gasteiger partial charge in [-0.3, -0.25) is 4.98 Å². The van der Waals surface area contributed by atoms with Crippen LogP contribution in [0, 0.1) is 11.8 Å². The maximum atomic E-state index is 5.68. The van der Waals surface area contributed by atoms with Gasteiger partial charge in [0.25, 0.3) is 0 Å². The van der Waals surface area contributed by atoms with Gasteiger partial charge in [0, 0.05) is 12.7 Å². The maximum absolute atomic E-state index is 5.68. The topological polar surface area (TPSA) is 50.9 Å². The quantitative estimate of drug-likeness (QED) is 0.810. The summed E-state index contributed by atoms with van der Waals surface area (Å²) in [4.78, 5) is 4.58. The average Bonchev–Trinajstić information content (AvgIpc) is 2.39. The summed E-state index contributed by atoms with van der Waals surface area (Å²) in [6.07, 6.45) is 8.48. The fourth-order valence-electron chi connectivity index (χ4n) is 2.98. The van der Waals surface area contributed by atoms with Gasteiger partial charge in [-0.1, -0.05) is 38.4 Å². The third kappa shape index (κ3) is 4.16. The van der Waals surface area contributed by atoms with E-state index >= 15 is 0 Å². The highest BCUT2D eigenvalue weighted by Gasteiger charge is 2.18. The Morgan fingerprint density at radius 3 is 3.11 bits per heavy atom. The molecule has 1 aromatic rings. The monoisotopic (exact) mass is 277 g/mol. The highest BCUT2D eigenvalue weighted by molar-refractivity contribution is 7.80. The molecule has 2 rings (SSSR count). The molecule has 3 nitrogen and oxygen atoms in total. The number of hydrogen-bond acceptors (Lipinski definition) is 3. The van der Waals surface area contributed by atoms with E-state index in [-0.39, 0.29) is 0 Å². The van der Waals surface area contributed by atoms with Crippen LogP contribution < -0.4 is 11.1 Å². The van der Waals surface area contributed by atoms with Crippen LogP contribution in [0.4, 0.5) is 5.69 Å². The Morgan fingerprint density at radius 2 is 2.37 bits per heavy atom. The largest absolute Gasteiger partial charge is 0.388 e. The summed E-state index contributed by atoms with van der Waals surface area (Å²) in [5.74, 6) is 1.76. The summed E-state index contributed by atoms with van der Waals surface area (Å²) in [5, 5.41) is 3.43. The normalized spacial score (nSPS) is 23.0. The van der Waals surface area contributed by atoms with Crippen molar-refractivity contribution in [3.8, 4) is 0 Å². The molecular weight excluding hydrogens is 254 g/mol. The fourth-order valence-corrected chi connectivity index (χ4v) is 3.14. The number of anilines is 1. The molecule has 0 saturated heterocycles. The SMILES string of the molecule is CC1CCCC(CCNc2cccnc2C(N)=S)C1. The van der Waals surface area contributed by atoms with Gasteiger partial charge in [-0.05, 0) is 36.8 Å². The van der Waals surface area contributed by atoms with E-state index in [1.54, 1.807) is 6.20 Å². The van der Waals surface area contributed by atoms with E-state index in [1.165, 1.54) is 32.1 Å². The van der Waals surface area contributed by atoms with E-state index in [0.717, 1.165) is 24.1 Å². The van der Waals surface area contributed by atoms with Gasteiger partial charge < -0.3 is 11.1 Å². The third-order valence-corrected chi connectivity index (χ3v) is 4.15. The van der Waals surface area contributed by atoms with Crippen LogP contribution in [-0.4, -0.2) is 16.5 Å². The zero-order valence-electron chi connectivity index (χ0n) is 11.6. The number of aromatic nitrogens is 1. The van der Waals surface area contributed by atoms with Gasteiger partial charge in [-0.25, -0.2) is 0 Å². The molecule has 4 heteroatoms. The van der Waals surface area contributed by atoms with Gasteiger partial charge in [-0.15, -0.1) is 0 Å². The van der Waals surface area contributed by atoms with Gasteiger partial charge in [-0.2, -0.15) is 0 Å². The van der Waals surface area contributed by atoms with Gasteiger partial charge in [0.15, 0.2) is 0 Å². The van der Waals surface area contributed by atoms with Crippen LogP contribution in [0.1, 0.15) is 44.7 Å². The predicted molar refractivity (Wildman–Crippen MR) is 84.4 cm³/mol. The number of nitrogens with one attached hydrogen (secondary N) is 1. The average molecular weight is 277 g/mol. The number of pyridine rings is 1. The fraction of sp³-hybridized carbons (Fsp3) is 0.600. The van der Waals surface area contributed by atoms with Crippen molar-refractivity contribution >= 4 is 22.9 Å². The lowest BCUT2D eigenvalue weighted by Gasteiger charge is -2.26. The van der Waals surface area contributed by atoms with E-state index in [9.17, 15) is 0 Å². The molecule has 2 atom stereocenters. The predicted octanol–water partition coefficient (Wildman–Crippen LogP) is 3.34. The van der Waals surface area contributed by atoms with Crippen molar-refractivity contribution < 1.29 is 0 Å². The van der Waals surface area contributed by atoms with E-state index in [1.807, 2.05) is 12.1 Å². The second-order valence-corrected chi connectivity index (χ2v) is 6.06. The molecule has 104 valence electrons. The van der Waals surface area contributed by atoms with Gasteiger partial charge in [0.05, 0.1) is 5.69 Å². The first kappa shape index (κ1) is 14.3. The second-order valence-electron chi connectivity index (χ2n) is 5.62. The molecule has 0 aromatic carbocycles. The molecule has 0 amide bonds. The molecule has 1 aliphatic rings. The number of thiocarbonyl (C=S) groups is 1. The van der Waals surface area contributed by atoms with E-state index < -0.39 is 0 Å². The van der Waals surface area contributed by atoms with Crippen LogP contribution >= 0.6 is 12.2 Å². The summed E-state index contributed by atoms with van der Waals surface area (Å²) in [6, 6.07) is 3.90. The maximum Gasteiger partial charge on any atom is 0.124 e. The van der Waals surface area contributed by atoms with Crippen molar-refractivity contribution in [3.63, 3.8) is 0 Å². The van der Waals surface area contributed by atoms with Crippen LogP contribution in [0.3, 0.4) is 0 Å². The first-order valence-electron chi connectivity index (χ1n) is 7.15. The number of nitrogens with two attached hydrogens (primary N) is 1. The highest BCUT2D eigenvalue weighted by atomic mass is 32.1. The first-order valence-corrected chi connectivity index (χ1v) is 7.56. The molecule has 1 aromatic heterocycles. The van der Waals surface area contributed by atoms with Crippen molar-refractivity contribution in [2.75, 3.05) is 11.9 Å². The van der Waals surface area contributed by atoms with Crippen molar-refractivity contribution in [1.82, 2.24) is 4.98 Å². The Hall–Kier alpha value is -1.16. The minimum absolute atomic E-state index is 0.356. The van der Waals surface area contributed by atoms with Crippen LogP contribution in [-0.2, 0) is 0 Å². The minimum atomic E-state index is 0.356. The first-order chi connectivity index (χ1) is 9.16. The lowest BCUT2D eigenvalue weighted by molar-refractivity contribution is 0.274. The van der Waals surface area contributed by atoms with Crippen LogP contribution in [0.5, 0.6) is 0 Å². The molecule has 2 unspecified atom stereocenters. The molecule has 0 spiro atoms. The van der Waals surface area contributed by atoms with Gasteiger partial charge in [0.1, 0.15) is 10.7 Å². The molecular formula is C15H23N3S. The molecule has 0 aliphatic heterocycles. The number of nitrogens with zero attached hydrogens (tertiary/aromatic N) is 1. The van der Waals surface area contributed by atoms with E-state index in [0.29, 0.717) is 10.7 Å². The molecule has 1 saturated carbocycles. The molecule has 1 aliphatic carbocycles. The smallest absolute Gasteiger partial charge is 0.124 e. The zero-order valence-corrected chi connectivity index (χ0v) is 12.4. The summed E-state index contributed by atoms with van der Waals surface area (Å²) in [7, 11) is 0. The standard InChI is InChI=1S/C15H23N3S/c1-11-4-2-5-12(10-11)7-9-17-13-6-3-8-18-14(13)15(16)19/h3,6,8,11-12,17H,2,4-5,7,9-10H2,1H3,(H2,16,19). The van der Waals surface area contributed by atoms with Crippen molar-refractivity contribution in [3.05, 3.63) is 24.0 Å². The van der Waals surface area contributed by atoms with Crippen LogP contribution in [0.15, 0.2) is 18.3 Å².